The first-order valence-electron chi connectivity index (χ1n) is 5.63. The van der Waals surface area contributed by atoms with Gasteiger partial charge >= 0.3 is 5.97 Å². The van der Waals surface area contributed by atoms with Crippen molar-refractivity contribution in [2.24, 2.45) is 5.41 Å². The molecular weight excluding hydrogens is 218 g/mol. The molecule has 0 aromatic carbocycles. The Hall–Kier alpha value is -1.65. The van der Waals surface area contributed by atoms with E-state index in [9.17, 15) is 4.79 Å². The molecule has 1 heterocycles. The van der Waals surface area contributed by atoms with Crippen LogP contribution in [-0.4, -0.2) is 29.6 Å². The third-order valence-corrected chi connectivity index (χ3v) is 2.75. The Morgan fingerprint density at radius 1 is 1.41 bits per heavy atom. The molecule has 0 aliphatic heterocycles. The molecular formula is C12H19N3O2. The van der Waals surface area contributed by atoms with Crippen molar-refractivity contribution < 1.29 is 9.53 Å². The van der Waals surface area contributed by atoms with Crippen molar-refractivity contribution >= 4 is 11.8 Å². The average Bonchev–Trinajstić information content (AvgIpc) is 2.36. The standard InChI is InChI=1S/C12H19N3O2/c1-5-12(2,3)8-15-10-7-13-9(6-14-10)11(16)17-4/h6-7H,5,8H2,1-4H3,(H,14,15). The first-order chi connectivity index (χ1) is 7.98. The molecule has 0 spiro atoms. The number of ether oxygens (including phenoxy) is 1. The Labute approximate surface area is 102 Å². The molecule has 0 radical (unpaired) electrons. The van der Waals surface area contributed by atoms with Gasteiger partial charge < -0.3 is 10.1 Å². The van der Waals surface area contributed by atoms with Gasteiger partial charge in [0.1, 0.15) is 5.82 Å². The van der Waals surface area contributed by atoms with Crippen LogP contribution in [0.2, 0.25) is 0 Å². The highest BCUT2D eigenvalue weighted by atomic mass is 16.5. The molecule has 5 heteroatoms. The number of nitrogens with zero attached hydrogens (tertiary/aromatic N) is 2. The van der Waals surface area contributed by atoms with Gasteiger partial charge in [0, 0.05) is 6.54 Å². The van der Waals surface area contributed by atoms with Crippen LogP contribution in [0.25, 0.3) is 0 Å². The van der Waals surface area contributed by atoms with Gasteiger partial charge in [-0.1, -0.05) is 20.8 Å². The van der Waals surface area contributed by atoms with E-state index in [1.165, 1.54) is 19.5 Å². The van der Waals surface area contributed by atoms with E-state index in [0.717, 1.165) is 13.0 Å². The van der Waals surface area contributed by atoms with Crippen LogP contribution in [-0.2, 0) is 4.74 Å². The molecule has 1 rings (SSSR count). The lowest BCUT2D eigenvalue weighted by molar-refractivity contribution is 0.0593. The van der Waals surface area contributed by atoms with E-state index in [2.05, 4.69) is 40.8 Å². The van der Waals surface area contributed by atoms with Gasteiger partial charge in [-0.15, -0.1) is 0 Å². The van der Waals surface area contributed by atoms with Crippen molar-refractivity contribution in [1.29, 1.82) is 0 Å². The number of methoxy groups -OCH3 is 1. The summed E-state index contributed by atoms with van der Waals surface area (Å²) < 4.78 is 4.55. The molecule has 17 heavy (non-hydrogen) atoms. The van der Waals surface area contributed by atoms with Crippen molar-refractivity contribution in [2.75, 3.05) is 19.0 Å². The van der Waals surface area contributed by atoms with Crippen molar-refractivity contribution in [3.8, 4) is 0 Å². The summed E-state index contributed by atoms with van der Waals surface area (Å²) in [4.78, 5) is 19.2. The minimum Gasteiger partial charge on any atom is -0.464 e. The lowest BCUT2D eigenvalue weighted by Crippen LogP contribution is -2.22. The SMILES string of the molecule is CCC(C)(C)CNc1cnc(C(=O)OC)cn1. The number of nitrogens with one attached hydrogen (secondary N) is 1. The van der Waals surface area contributed by atoms with Crippen LogP contribution in [0.1, 0.15) is 37.7 Å². The largest absolute Gasteiger partial charge is 0.464 e. The predicted octanol–water partition coefficient (Wildman–Crippen LogP) is 2.11. The van der Waals surface area contributed by atoms with E-state index in [4.69, 9.17) is 0 Å². The zero-order chi connectivity index (χ0) is 12.9. The smallest absolute Gasteiger partial charge is 0.358 e. The zero-order valence-corrected chi connectivity index (χ0v) is 10.8. The van der Waals surface area contributed by atoms with Crippen LogP contribution in [0.3, 0.4) is 0 Å². The maximum absolute atomic E-state index is 11.1. The van der Waals surface area contributed by atoms with E-state index < -0.39 is 5.97 Å². The second-order valence-electron chi connectivity index (χ2n) is 4.65. The molecule has 94 valence electrons. The number of hydrogen-bond acceptors (Lipinski definition) is 5. The van der Waals surface area contributed by atoms with Gasteiger partial charge in [-0.25, -0.2) is 14.8 Å². The van der Waals surface area contributed by atoms with Gasteiger partial charge in [0.25, 0.3) is 0 Å². The van der Waals surface area contributed by atoms with E-state index >= 15 is 0 Å². The number of anilines is 1. The van der Waals surface area contributed by atoms with Crippen molar-refractivity contribution in [2.45, 2.75) is 27.2 Å². The highest BCUT2D eigenvalue weighted by Crippen LogP contribution is 2.19. The molecule has 1 aromatic heterocycles. The molecule has 0 saturated heterocycles. The van der Waals surface area contributed by atoms with Gasteiger partial charge in [-0.05, 0) is 11.8 Å². The second kappa shape index (κ2) is 5.61. The van der Waals surface area contributed by atoms with Crippen LogP contribution in [0, 0.1) is 5.41 Å². The van der Waals surface area contributed by atoms with Gasteiger partial charge in [-0.3, -0.25) is 0 Å². The van der Waals surface area contributed by atoms with Gasteiger partial charge in [0.2, 0.25) is 0 Å². The van der Waals surface area contributed by atoms with Crippen LogP contribution in [0.15, 0.2) is 12.4 Å². The lowest BCUT2D eigenvalue weighted by Gasteiger charge is -2.22. The summed E-state index contributed by atoms with van der Waals surface area (Å²) in [7, 11) is 1.32. The summed E-state index contributed by atoms with van der Waals surface area (Å²) in [5, 5.41) is 3.19. The maximum Gasteiger partial charge on any atom is 0.358 e. The van der Waals surface area contributed by atoms with Gasteiger partial charge in [0.15, 0.2) is 5.69 Å². The zero-order valence-electron chi connectivity index (χ0n) is 10.8. The number of carbonyl (C=O) groups is 1. The predicted molar refractivity (Wildman–Crippen MR) is 65.9 cm³/mol. The molecule has 0 fully saturated rings. The number of hydrogen-bond donors (Lipinski definition) is 1. The van der Waals surface area contributed by atoms with Crippen LogP contribution < -0.4 is 5.32 Å². The third kappa shape index (κ3) is 4.01. The van der Waals surface area contributed by atoms with Crippen LogP contribution in [0.5, 0.6) is 0 Å². The molecule has 0 bridgehead atoms. The summed E-state index contributed by atoms with van der Waals surface area (Å²) in [6, 6.07) is 0. The molecule has 0 unspecified atom stereocenters. The molecule has 0 aliphatic rings. The number of carbonyl (C=O) groups excluding carboxylic acids is 1. The summed E-state index contributed by atoms with van der Waals surface area (Å²) in [5.41, 5.74) is 0.427. The Morgan fingerprint density at radius 2 is 2.12 bits per heavy atom. The number of aromatic nitrogens is 2. The highest BCUT2D eigenvalue weighted by Gasteiger charge is 2.15. The summed E-state index contributed by atoms with van der Waals surface area (Å²) >= 11 is 0. The Bertz CT molecular complexity index is 374. The topological polar surface area (TPSA) is 64.1 Å². The molecule has 0 atom stereocenters. The molecule has 1 aromatic rings. The van der Waals surface area contributed by atoms with Gasteiger partial charge in [0.05, 0.1) is 19.5 Å². The quantitative estimate of drug-likeness (QED) is 0.794. The van der Waals surface area contributed by atoms with E-state index in [0.29, 0.717) is 5.82 Å². The lowest BCUT2D eigenvalue weighted by atomic mass is 9.90. The first kappa shape index (κ1) is 13.4. The third-order valence-electron chi connectivity index (χ3n) is 2.75. The Balaban J connectivity index is 2.60. The summed E-state index contributed by atoms with van der Waals surface area (Å²) in [6.07, 6.45) is 4.03. The van der Waals surface area contributed by atoms with Crippen LogP contribution in [0.4, 0.5) is 5.82 Å². The van der Waals surface area contributed by atoms with Crippen LogP contribution >= 0.6 is 0 Å². The molecule has 0 saturated carbocycles. The fourth-order valence-corrected chi connectivity index (χ4v) is 1.08. The molecule has 0 amide bonds. The molecule has 5 nitrogen and oxygen atoms in total. The average molecular weight is 237 g/mol. The van der Waals surface area contributed by atoms with Crippen molar-refractivity contribution in [3.63, 3.8) is 0 Å². The number of esters is 1. The van der Waals surface area contributed by atoms with Crippen molar-refractivity contribution in [1.82, 2.24) is 9.97 Å². The second-order valence-corrected chi connectivity index (χ2v) is 4.65. The minimum absolute atomic E-state index is 0.211. The number of rotatable bonds is 5. The van der Waals surface area contributed by atoms with E-state index in [1.807, 2.05) is 0 Å². The monoisotopic (exact) mass is 237 g/mol. The highest BCUT2D eigenvalue weighted by molar-refractivity contribution is 5.86. The van der Waals surface area contributed by atoms with Crippen molar-refractivity contribution in [3.05, 3.63) is 18.1 Å². The summed E-state index contributed by atoms with van der Waals surface area (Å²) in [6.45, 7) is 7.32. The normalized spacial score (nSPS) is 11.1. The Morgan fingerprint density at radius 3 is 2.59 bits per heavy atom. The minimum atomic E-state index is -0.474. The molecule has 0 aliphatic carbocycles. The fraction of sp³-hybridized carbons (Fsp3) is 0.583. The van der Waals surface area contributed by atoms with E-state index in [1.54, 1.807) is 0 Å². The fourth-order valence-electron chi connectivity index (χ4n) is 1.08. The maximum atomic E-state index is 11.1. The Kier molecular flexibility index (Phi) is 4.43. The summed E-state index contributed by atoms with van der Waals surface area (Å²) in [5.74, 6) is 0.192. The molecule has 1 N–H and O–H groups in total. The van der Waals surface area contributed by atoms with E-state index in [-0.39, 0.29) is 11.1 Å². The first-order valence-corrected chi connectivity index (χ1v) is 5.63. The van der Waals surface area contributed by atoms with Gasteiger partial charge in [-0.2, -0.15) is 0 Å².